The third-order valence-corrected chi connectivity index (χ3v) is 3.14. The molecule has 0 bridgehead atoms. The molecule has 0 heterocycles. The monoisotopic (exact) mass is 242 g/mol. The first-order valence-corrected chi connectivity index (χ1v) is 5.24. The Morgan fingerprint density at radius 2 is 1.87 bits per heavy atom. The summed E-state index contributed by atoms with van der Waals surface area (Å²) in [6, 6.07) is 7.54. The van der Waals surface area contributed by atoms with Crippen LogP contribution in [0.5, 0.6) is 0 Å². The van der Waals surface area contributed by atoms with Gasteiger partial charge in [0.15, 0.2) is 0 Å². The summed E-state index contributed by atoms with van der Waals surface area (Å²) in [6.07, 6.45) is 0. The van der Waals surface area contributed by atoms with E-state index in [1.54, 1.807) is 12.1 Å². The lowest BCUT2D eigenvalue weighted by molar-refractivity contribution is 0.617. The van der Waals surface area contributed by atoms with E-state index in [1.807, 2.05) is 31.9 Å². The largest absolute Gasteiger partial charge is 0.357 e. The second-order valence-electron chi connectivity index (χ2n) is 3.83. The summed E-state index contributed by atoms with van der Waals surface area (Å²) >= 11 is 11.7. The Labute approximate surface area is 100 Å². The molecule has 0 spiro atoms. The average molecular weight is 243 g/mol. The molecule has 15 heavy (non-hydrogen) atoms. The second kappa shape index (κ2) is 4.30. The maximum absolute atomic E-state index is 9.00. The minimum Gasteiger partial charge on any atom is -0.357 e. The van der Waals surface area contributed by atoms with Crippen molar-refractivity contribution in [2.75, 3.05) is 11.9 Å². The van der Waals surface area contributed by atoms with Gasteiger partial charge in [-0.25, -0.2) is 0 Å². The number of anilines is 1. The van der Waals surface area contributed by atoms with Crippen molar-refractivity contribution in [2.24, 2.45) is 0 Å². The first-order valence-electron chi connectivity index (χ1n) is 4.48. The van der Waals surface area contributed by atoms with Gasteiger partial charge in [0.05, 0.1) is 16.1 Å². The van der Waals surface area contributed by atoms with Crippen molar-refractivity contribution in [3.8, 4) is 6.07 Å². The summed E-state index contributed by atoms with van der Waals surface area (Å²) in [5, 5.41) is 10.0. The van der Waals surface area contributed by atoms with Gasteiger partial charge in [0.25, 0.3) is 0 Å². The molecule has 0 N–H and O–H groups in total. The summed E-state index contributed by atoms with van der Waals surface area (Å²) in [4.78, 5) is 1.86. The Kier molecular flexibility index (Phi) is 3.49. The van der Waals surface area contributed by atoms with Gasteiger partial charge in [0, 0.05) is 12.7 Å². The van der Waals surface area contributed by atoms with Gasteiger partial charge >= 0.3 is 0 Å². The summed E-state index contributed by atoms with van der Waals surface area (Å²) in [5.74, 6) is 0. The molecule has 0 aliphatic heterocycles. The number of benzene rings is 1. The minimum absolute atomic E-state index is 0.495. The SMILES string of the molecule is CN(c1ccc(Cl)c(Cl)c1)C(C)(C)C#N. The maximum atomic E-state index is 9.00. The van der Waals surface area contributed by atoms with Crippen LogP contribution >= 0.6 is 23.2 Å². The van der Waals surface area contributed by atoms with Crippen molar-refractivity contribution in [1.29, 1.82) is 5.26 Å². The van der Waals surface area contributed by atoms with Crippen LogP contribution in [-0.2, 0) is 0 Å². The Hall–Kier alpha value is -0.910. The van der Waals surface area contributed by atoms with Gasteiger partial charge in [0.2, 0.25) is 0 Å². The molecule has 0 aromatic heterocycles. The predicted octanol–water partition coefficient (Wildman–Crippen LogP) is 3.73. The molecule has 1 rings (SSSR count). The van der Waals surface area contributed by atoms with E-state index in [4.69, 9.17) is 28.5 Å². The highest BCUT2D eigenvalue weighted by atomic mass is 35.5. The molecule has 80 valence electrons. The van der Waals surface area contributed by atoms with Crippen molar-refractivity contribution in [2.45, 2.75) is 19.4 Å². The van der Waals surface area contributed by atoms with Crippen LogP contribution in [0, 0.1) is 11.3 Å². The third-order valence-electron chi connectivity index (χ3n) is 2.40. The van der Waals surface area contributed by atoms with Gasteiger partial charge in [-0.1, -0.05) is 23.2 Å². The number of rotatable bonds is 2. The quantitative estimate of drug-likeness (QED) is 0.791. The zero-order valence-electron chi connectivity index (χ0n) is 8.88. The fourth-order valence-electron chi connectivity index (χ4n) is 1.09. The van der Waals surface area contributed by atoms with Gasteiger partial charge in [0.1, 0.15) is 5.54 Å². The van der Waals surface area contributed by atoms with Crippen LogP contribution in [-0.4, -0.2) is 12.6 Å². The first-order chi connectivity index (χ1) is 6.88. The molecule has 0 amide bonds. The van der Waals surface area contributed by atoms with E-state index in [-0.39, 0.29) is 0 Å². The van der Waals surface area contributed by atoms with Crippen molar-refractivity contribution in [3.05, 3.63) is 28.2 Å². The standard InChI is InChI=1S/C11H12Cl2N2/c1-11(2,7-14)15(3)8-4-5-9(12)10(13)6-8/h4-6H,1-3H3. The van der Waals surface area contributed by atoms with E-state index in [1.165, 1.54) is 0 Å². The lowest BCUT2D eigenvalue weighted by atomic mass is 10.1. The van der Waals surface area contributed by atoms with Crippen molar-refractivity contribution in [1.82, 2.24) is 0 Å². The van der Waals surface area contributed by atoms with E-state index in [0.29, 0.717) is 10.0 Å². The molecule has 0 saturated carbocycles. The van der Waals surface area contributed by atoms with E-state index in [9.17, 15) is 0 Å². The number of hydrogen-bond donors (Lipinski definition) is 0. The topological polar surface area (TPSA) is 27.0 Å². The van der Waals surface area contributed by atoms with Crippen molar-refractivity contribution < 1.29 is 0 Å². The highest BCUT2D eigenvalue weighted by Crippen LogP contribution is 2.29. The summed E-state index contributed by atoms with van der Waals surface area (Å²) in [5.41, 5.74) is 0.299. The van der Waals surface area contributed by atoms with Crippen molar-refractivity contribution in [3.63, 3.8) is 0 Å². The molecule has 0 unspecified atom stereocenters. The molecule has 0 fully saturated rings. The first kappa shape index (κ1) is 12.2. The highest BCUT2D eigenvalue weighted by molar-refractivity contribution is 6.42. The fourth-order valence-corrected chi connectivity index (χ4v) is 1.38. The molecular weight excluding hydrogens is 231 g/mol. The normalized spacial score (nSPS) is 10.9. The highest BCUT2D eigenvalue weighted by Gasteiger charge is 2.23. The van der Waals surface area contributed by atoms with Crippen LogP contribution in [0.15, 0.2) is 18.2 Å². The number of halogens is 2. The summed E-state index contributed by atoms with van der Waals surface area (Å²) < 4.78 is 0. The van der Waals surface area contributed by atoms with Gasteiger partial charge in [-0.3, -0.25) is 0 Å². The third kappa shape index (κ3) is 2.56. The van der Waals surface area contributed by atoms with E-state index in [0.717, 1.165) is 5.69 Å². The number of nitriles is 1. The summed E-state index contributed by atoms with van der Waals surface area (Å²) in [6.45, 7) is 3.69. The molecule has 2 nitrogen and oxygen atoms in total. The van der Waals surface area contributed by atoms with Crippen molar-refractivity contribution >= 4 is 28.9 Å². The zero-order valence-corrected chi connectivity index (χ0v) is 10.4. The molecule has 0 aliphatic rings. The average Bonchev–Trinajstić information content (AvgIpc) is 2.21. The molecule has 0 atom stereocenters. The van der Waals surface area contributed by atoms with Crippen LogP contribution in [0.25, 0.3) is 0 Å². The van der Waals surface area contributed by atoms with E-state index < -0.39 is 5.54 Å². The molecule has 0 saturated heterocycles. The molecule has 0 radical (unpaired) electrons. The van der Waals surface area contributed by atoms with E-state index in [2.05, 4.69) is 6.07 Å². The van der Waals surface area contributed by atoms with E-state index >= 15 is 0 Å². The molecule has 1 aromatic rings. The van der Waals surface area contributed by atoms with Gasteiger partial charge in [-0.05, 0) is 32.0 Å². The number of nitrogens with zero attached hydrogens (tertiary/aromatic N) is 2. The lowest BCUT2D eigenvalue weighted by Gasteiger charge is -2.31. The second-order valence-corrected chi connectivity index (χ2v) is 4.64. The zero-order chi connectivity index (χ0) is 11.6. The van der Waals surface area contributed by atoms with Crippen LogP contribution in [0.4, 0.5) is 5.69 Å². The lowest BCUT2D eigenvalue weighted by Crippen LogP contribution is -2.39. The minimum atomic E-state index is -0.572. The maximum Gasteiger partial charge on any atom is 0.121 e. The van der Waals surface area contributed by atoms with Crippen LogP contribution in [0.3, 0.4) is 0 Å². The molecule has 4 heteroatoms. The molecule has 1 aromatic carbocycles. The smallest absolute Gasteiger partial charge is 0.121 e. The Morgan fingerprint density at radius 3 is 2.33 bits per heavy atom. The number of hydrogen-bond acceptors (Lipinski definition) is 2. The Bertz CT molecular complexity index is 408. The predicted molar refractivity (Wildman–Crippen MR) is 64.6 cm³/mol. The molecule has 0 aliphatic carbocycles. The van der Waals surface area contributed by atoms with Crippen LogP contribution in [0.2, 0.25) is 10.0 Å². The van der Waals surface area contributed by atoms with Gasteiger partial charge in [-0.15, -0.1) is 0 Å². The van der Waals surface area contributed by atoms with Gasteiger partial charge < -0.3 is 4.90 Å². The summed E-state index contributed by atoms with van der Waals surface area (Å²) in [7, 11) is 1.85. The Morgan fingerprint density at radius 1 is 1.27 bits per heavy atom. The van der Waals surface area contributed by atoms with Crippen LogP contribution in [0.1, 0.15) is 13.8 Å². The molecular formula is C11H12Cl2N2. The fraction of sp³-hybridized carbons (Fsp3) is 0.364. The van der Waals surface area contributed by atoms with Gasteiger partial charge in [-0.2, -0.15) is 5.26 Å². The van der Waals surface area contributed by atoms with Crippen LogP contribution < -0.4 is 4.90 Å². The Balaban J connectivity index is 3.08.